The van der Waals surface area contributed by atoms with E-state index in [9.17, 15) is 0 Å². The van der Waals surface area contributed by atoms with E-state index >= 15 is 0 Å². The minimum Gasteiger partial charge on any atom is -0.473 e. The Hall–Kier alpha value is -1.87. The Morgan fingerprint density at radius 2 is 1.86 bits per heavy atom. The second-order valence-electron chi connectivity index (χ2n) is 7.03. The summed E-state index contributed by atoms with van der Waals surface area (Å²) < 4.78 is 5.81. The summed E-state index contributed by atoms with van der Waals surface area (Å²) in [5.41, 5.74) is 2.24. The van der Waals surface area contributed by atoms with Gasteiger partial charge in [0.25, 0.3) is 0 Å². The maximum Gasteiger partial charge on any atom is 0.213 e. The third-order valence-corrected chi connectivity index (χ3v) is 4.88. The molecule has 2 heterocycles. The monoisotopic (exact) mass is 509 g/mol. The third kappa shape index (κ3) is 8.57. The van der Waals surface area contributed by atoms with E-state index in [1.807, 2.05) is 42.5 Å². The van der Waals surface area contributed by atoms with Crippen LogP contribution in [-0.4, -0.2) is 49.1 Å². The maximum absolute atomic E-state index is 5.81. The average Bonchev–Trinajstić information content (AvgIpc) is 2.76. The molecule has 1 saturated heterocycles. The fourth-order valence-corrected chi connectivity index (χ4v) is 3.29. The van der Waals surface area contributed by atoms with Crippen molar-refractivity contribution in [3.63, 3.8) is 0 Å². The van der Waals surface area contributed by atoms with Crippen LogP contribution in [-0.2, 0) is 13.2 Å². The molecular formula is C22H32IN5O. The first kappa shape index (κ1) is 23.4. The van der Waals surface area contributed by atoms with Crippen molar-refractivity contribution >= 4 is 29.9 Å². The second kappa shape index (κ2) is 13.4. The van der Waals surface area contributed by atoms with Crippen molar-refractivity contribution in [2.24, 2.45) is 4.99 Å². The summed E-state index contributed by atoms with van der Waals surface area (Å²) in [5.74, 6) is 1.46. The Labute approximate surface area is 191 Å². The minimum absolute atomic E-state index is 0. The Bertz CT molecular complexity index is 735. The van der Waals surface area contributed by atoms with Gasteiger partial charge < -0.3 is 20.3 Å². The molecule has 2 aromatic rings. The van der Waals surface area contributed by atoms with E-state index in [1.54, 1.807) is 13.2 Å². The van der Waals surface area contributed by atoms with Gasteiger partial charge in [-0.05, 0) is 43.1 Å². The molecule has 1 aromatic heterocycles. The third-order valence-electron chi connectivity index (χ3n) is 4.88. The SMILES string of the molecule is CN=C(NCCN1CCCCC1)NCc1ccnc(OCc2ccccc2)c1.I. The van der Waals surface area contributed by atoms with Crippen LogP contribution in [0.2, 0.25) is 0 Å². The smallest absolute Gasteiger partial charge is 0.213 e. The number of guanidine groups is 1. The zero-order valence-corrected chi connectivity index (χ0v) is 19.5. The van der Waals surface area contributed by atoms with Crippen LogP contribution in [0.3, 0.4) is 0 Å². The zero-order valence-electron chi connectivity index (χ0n) is 17.1. The van der Waals surface area contributed by atoms with Crippen LogP contribution < -0.4 is 15.4 Å². The number of aromatic nitrogens is 1. The van der Waals surface area contributed by atoms with E-state index in [4.69, 9.17) is 4.74 Å². The zero-order chi connectivity index (χ0) is 19.4. The molecule has 0 aliphatic carbocycles. The molecule has 0 saturated carbocycles. The number of ether oxygens (including phenoxy) is 1. The van der Waals surface area contributed by atoms with Crippen molar-refractivity contribution in [3.05, 3.63) is 59.8 Å². The van der Waals surface area contributed by atoms with Gasteiger partial charge in [0, 0.05) is 38.9 Å². The van der Waals surface area contributed by atoms with Crippen molar-refractivity contribution in [1.82, 2.24) is 20.5 Å². The summed E-state index contributed by atoms with van der Waals surface area (Å²) in [6.45, 7) is 5.60. The number of likely N-dealkylation sites (tertiary alicyclic amines) is 1. The lowest BCUT2D eigenvalue weighted by molar-refractivity contribution is 0.232. The number of hydrogen-bond donors (Lipinski definition) is 2. The highest BCUT2D eigenvalue weighted by molar-refractivity contribution is 14.0. The highest BCUT2D eigenvalue weighted by Gasteiger charge is 2.09. The van der Waals surface area contributed by atoms with Crippen LogP contribution in [0.5, 0.6) is 5.88 Å². The molecule has 158 valence electrons. The van der Waals surface area contributed by atoms with Crippen LogP contribution in [0.1, 0.15) is 30.4 Å². The molecule has 0 radical (unpaired) electrons. The number of piperidine rings is 1. The molecule has 0 bridgehead atoms. The molecule has 2 N–H and O–H groups in total. The number of benzene rings is 1. The quantitative estimate of drug-likeness (QED) is 0.325. The molecule has 1 fully saturated rings. The van der Waals surface area contributed by atoms with Gasteiger partial charge in [-0.3, -0.25) is 4.99 Å². The van der Waals surface area contributed by atoms with Crippen LogP contribution in [0, 0.1) is 0 Å². The summed E-state index contributed by atoms with van der Waals surface area (Å²) in [4.78, 5) is 11.1. The van der Waals surface area contributed by atoms with Gasteiger partial charge in [0.05, 0.1) is 0 Å². The van der Waals surface area contributed by atoms with Crippen LogP contribution in [0.4, 0.5) is 0 Å². The van der Waals surface area contributed by atoms with Gasteiger partial charge in [-0.2, -0.15) is 0 Å². The molecule has 3 rings (SSSR count). The number of aliphatic imine (C=N–C) groups is 1. The first-order valence-electron chi connectivity index (χ1n) is 10.1. The minimum atomic E-state index is 0. The standard InChI is InChI=1S/C22H31N5O.HI/c1-23-22(25-12-15-27-13-6-3-7-14-27)26-17-20-10-11-24-21(16-20)28-18-19-8-4-2-5-9-19;/h2,4-5,8-11,16H,3,6-7,12-15,17-18H2,1H3,(H2,23,25,26);1H. The number of halogens is 1. The van der Waals surface area contributed by atoms with Gasteiger partial charge in [-0.1, -0.05) is 36.8 Å². The molecule has 1 aliphatic rings. The summed E-state index contributed by atoms with van der Waals surface area (Å²) in [5, 5.41) is 6.76. The van der Waals surface area contributed by atoms with Crippen LogP contribution in [0.15, 0.2) is 53.7 Å². The fraction of sp³-hybridized carbons (Fsp3) is 0.455. The van der Waals surface area contributed by atoms with Crippen molar-refractivity contribution < 1.29 is 4.74 Å². The average molecular weight is 509 g/mol. The van der Waals surface area contributed by atoms with Gasteiger partial charge in [0.2, 0.25) is 5.88 Å². The van der Waals surface area contributed by atoms with Gasteiger partial charge in [-0.25, -0.2) is 4.98 Å². The Morgan fingerprint density at radius 1 is 1.07 bits per heavy atom. The molecule has 1 aliphatic heterocycles. The topological polar surface area (TPSA) is 61.8 Å². The number of hydrogen-bond acceptors (Lipinski definition) is 4. The molecule has 29 heavy (non-hydrogen) atoms. The van der Waals surface area contributed by atoms with Gasteiger partial charge in [-0.15, -0.1) is 24.0 Å². The fourth-order valence-electron chi connectivity index (χ4n) is 3.29. The number of nitrogens with one attached hydrogen (secondary N) is 2. The van der Waals surface area contributed by atoms with Crippen molar-refractivity contribution in [3.8, 4) is 5.88 Å². The summed E-state index contributed by atoms with van der Waals surface area (Å²) in [6, 6.07) is 14.1. The molecule has 1 aromatic carbocycles. The number of pyridine rings is 1. The van der Waals surface area contributed by atoms with Crippen LogP contribution >= 0.6 is 24.0 Å². The molecule has 0 amide bonds. The van der Waals surface area contributed by atoms with Gasteiger partial charge >= 0.3 is 0 Å². The first-order valence-corrected chi connectivity index (χ1v) is 10.1. The van der Waals surface area contributed by atoms with Crippen molar-refractivity contribution in [1.29, 1.82) is 0 Å². The van der Waals surface area contributed by atoms with E-state index < -0.39 is 0 Å². The highest BCUT2D eigenvalue weighted by atomic mass is 127. The Balaban J connectivity index is 0.00000300. The lowest BCUT2D eigenvalue weighted by Crippen LogP contribution is -2.42. The molecule has 0 spiro atoms. The molecular weight excluding hydrogens is 477 g/mol. The molecule has 0 unspecified atom stereocenters. The lowest BCUT2D eigenvalue weighted by Gasteiger charge is -2.26. The summed E-state index contributed by atoms with van der Waals surface area (Å²) in [6.07, 6.45) is 5.80. The van der Waals surface area contributed by atoms with E-state index in [0.717, 1.165) is 30.2 Å². The Morgan fingerprint density at radius 3 is 2.62 bits per heavy atom. The largest absolute Gasteiger partial charge is 0.473 e. The summed E-state index contributed by atoms with van der Waals surface area (Å²) in [7, 11) is 1.80. The number of nitrogens with zero attached hydrogens (tertiary/aromatic N) is 3. The number of rotatable bonds is 8. The van der Waals surface area contributed by atoms with Gasteiger partial charge in [0.15, 0.2) is 5.96 Å². The molecule has 7 heteroatoms. The molecule has 0 atom stereocenters. The van der Waals surface area contributed by atoms with E-state index in [-0.39, 0.29) is 24.0 Å². The van der Waals surface area contributed by atoms with Gasteiger partial charge in [0.1, 0.15) is 6.61 Å². The summed E-state index contributed by atoms with van der Waals surface area (Å²) >= 11 is 0. The predicted octanol–water partition coefficient (Wildman–Crippen LogP) is 3.43. The van der Waals surface area contributed by atoms with E-state index in [0.29, 0.717) is 19.0 Å². The predicted molar refractivity (Wildman–Crippen MR) is 129 cm³/mol. The normalized spacial score (nSPS) is 14.7. The lowest BCUT2D eigenvalue weighted by atomic mass is 10.1. The maximum atomic E-state index is 5.81. The first-order chi connectivity index (χ1) is 13.8. The van der Waals surface area contributed by atoms with E-state index in [1.165, 1.54) is 32.4 Å². The van der Waals surface area contributed by atoms with Crippen LogP contribution in [0.25, 0.3) is 0 Å². The Kier molecular flexibility index (Phi) is 10.8. The van der Waals surface area contributed by atoms with E-state index in [2.05, 4.69) is 25.5 Å². The second-order valence-corrected chi connectivity index (χ2v) is 7.03. The molecule has 6 nitrogen and oxygen atoms in total. The highest BCUT2D eigenvalue weighted by Crippen LogP contribution is 2.12. The van der Waals surface area contributed by atoms with Crippen molar-refractivity contribution in [2.75, 3.05) is 33.2 Å². The van der Waals surface area contributed by atoms with Crippen molar-refractivity contribution in [2.45, 2.75) is 32.4 Å².